The second kappa shape index (κ2) is 6.17. The van der Waals surface area contributed by atoms with Crippen LogP contribution in [0.1, 0.15) is 37.1 Å². The first-order valence-electron chi connectivity index (χ1n) is 8.35. The Balaban J connectivity index is 1.58. The molecule has 4 rings (SSSR count). The highest BCUT2D eigenvalue weighted by Gasteiger charge is 2.17. The van der Waals surface area contributed by atoms with Crippen molar-refractivity contribution in [2.75, 3.05) is 6.79 Å². The van der Waals surface area contributed by atoms with Crippen LogP contribution in [-0.2, 0) is 0 Å². The van der Waals surface area contributed by atoms with Gasteiger partial charge < -0.3 is 14.8 Å². The van der Waals surface area contributed by atoms with Gasteiger partial charge in [0.2, 0.25) is 6.79 Å². The van der Waals surface area contributed by atoms with Gasteiger partial charge in [-0.05, 0) is 47.9 Å². The molecular formula is C21H21NO2. The highest BCUT2D eigenvalue weighted by molar-refractivity contribution is 5.86. The van der Waals surface area contributed by atoms with Gasteiger partial charge in [-0.1, -0.05) is 48.5 Å². The lowest BCUT2D eigenvalue weighted by Crippen LogP contribution is -2.22. The molecule has 1 aliphatic rings. The summed E-state index contributed by atoms with van der Waals surface area (Å²) < 4.78 is 10.9. The molecule has 0 saturated heterocycles. The van der Waals surface area contributed by atoms with E-state index in [0.29, 0.717) is 6.79 Å². The third kappa shape index (κ3) is 2.72. The molecule has 1 N–H and O–H groups in total. The van der Waals surface area contributed by atoms with E-state index in [1.165, 1.54) is 21.9 Å². The van der Waals surface area contributed by atoms with E-state index >= 15 is 0 Å². The van der Waals surface area contributed by atoms with Gasteiger partial charge >= 0.3 is 0 Å². The number of nitrogens with one attached hydrogen (secondary N) is 1. The molecule has 0 spiro atoms. The van der Waals surface area contributed by atoms with Crippen LogP contribution in [0.25, 0.3) is 10.8 Å². The zero-order valence-electron chi connectivity index (χ0n) is 14.0. The van der Waals surface area contributed by atoms with Crippen molar-refractivity contribution in [3.63, 3.8) is 0 Å². The Morgan fingerprint density at radius 3 is 2.54 bits per heavy atom. The van der Waals surface area contributed by atoms with Crippen LogP contribution in [0.3, 0.4) is 0 Å². The second-order valence-corrected chi connectivity index (χ2v) is 6.29. The van der Waals surface area contributed by atoms with Crippen LogP contribution in [0.15, 0.2) is 60.7 Å². The average molecular weight is 319 g/mol. The Bertz CT molecular complexity index is 869. The van der Waals surface area contributed by atoms with Crippen molar-refractivity contribution < 1.29 is 9.47 Å². The van der Waals surface area contributed by atoms with E-state index in [9.17, 15) is 0 Å². The fraction of sp³-hybridized carbons (Fsp3) is 0.238. The lowest BCUT2D eigenvalue weighted by Gasteiger charge is -2.22. The van der Waals surface area contributed by atoms with Gasteiger partial charge in [-0.2, -0.15) is 0 Å². The van der Waals surface area contributed by atoms with E-state index in [1.54, 1.807) is 0 Å². The molecule has 0 fully saturated rings. The molecule has 0 aromatic heterocycles. The van der Waals surface area contributed by atoms with Crippen LogP contribution in [0.5, 0.6) is 11.5 Å². The second-order valence-electron chi connectivity index (χ2n) is 6.29. The predicted octanol–water partition coefficient (Wildman–Crippen LogP) is 4.98. The number of benzene rings is 3. The summed E-state index contributed by atoms with van der Waals surface area (Å²) >= 11 is 0. The predicted molar refractivity (Wildman–Crippen MR) is 96.5 cm³/mol. The maximum Gasteiger partial charge on any atom is 0.231 e. The molecule has 0 bridgehead atoms. The van der Waals surface area contributed by atoms with E-state index in [2.05, 4.69) is 73.8 Å². The summed E-state index contributed by atoms with van der Waals surface area (Å²) in [7, 11) is 0. The quantitative estimate of drug-likeness (QED) is 0.735. The van der Waals surface area contributed by atoms with Gasteiger partial charge in [-0.25, -0.2) is 0 Å². The summed E-state index contributed by atoms with van der Waals surface area (Å²) in [6.45, 7) is 4.71. The standard InChI is InChI=1S/C21H21NO2/c1-14(17-10-11-20-21(12-17)24-13-23-20)22-15(2)18-9-5-7-16-6-3-4-8-19(16)18/h3-12,14-15,22H,13H2,1-2H3. The smallest absolute Gasteiger partial charge is 0.231 e. The van der Waals surface area contributed by atoms with Crippen LogP contribution in [-0.4, -0.2) is 6.79 Å². The van der Waals surface area contributed by atoms with Crippen LogP contribution >= 0.6 is 0 Å². The maximum atomic E-state index is 5.49. The highest BCUT2D eigenvalue weighted by Crippen LogP contribution is 2.35. The van der Waals surface area contributed by atoms with Gasteiger partial charge in [-0.15, -0.1) is 0 Å². The molecule has 3 aromatic rings. The van der Waals surface area contributed by atoms with Crippen molar-refractivity contribution in [2.45, 2.75) is 25.9 Å². The Hall–Kier alpha value is -2.52. The summed E-state index contributed by atoms with van der Waals surface area (Å²) in [5, 5.41) is 6.28. The van der Waals surface area contributed by atoms with Gasteiger partial charge in [0, 0.05) is 12.1 Å². The summed E-state index contributed by atoms with van der Waals surface area (Å²) in [5.74, 6) is 1.66. The molecule has 0 saturated carbocycles. The molecule has 0 radical (unpaired) electrons. The normalized spacial score (nSPS) is 15.4. The number of hydrogen-bond acceptors (Lipinski definition) is 3. The van der Waals surface area contributed by atoms with Crippen LogP contribution < -0.4 is 14.8 Å². The minimum Gasteiger partial charge on any atom is -0.454 e. The summed E-state index contributed by atoms with van der Waals surface area (Å²) in [6.07, 6.45) is 0. The van der Waals surface area contributed by atoms with Gasteiger partial charge in [0.25, 0.3) is 0 Å². The van der Waals surface area contributed by atoms with Crippen molar-refractivity contribution in [1.82, 2.24) is 5.32 Å². The van der Waals surface area contributed by atoms with Crippen molar-refractivity contribution in [3.05, 3.63) is 71.8 Å². The molecule has 0 aliphatic carbocycles. The fourth-order valence-corrected chi connectivity index (χ4v) is 3.37. The molecule has 122 valence electrons. The Morgan fingerprint density at radius 1 is 0.833 bits per heavy atom. The Labute approximate surface area is 142 Å². The molecule has 3 heteroatoms. The highest BCUT2D eigenvalue weighted by atomic mass is 16.7. The SMILES string of the molecule is CC(NC(C)c1cccc2ccccc12)c1ccc2c(c1)OCO2. The fourth-order valence-electron chi connectivity index (χ4n) is 3.37. The first-order chi connectivity index (χ1) is 11.7. The molecule has 3 nitrogen and oxygen atoms in total. The van der Waals surface area contributed by atoms with Crippen LogP contribution in [0.4, 0.5) is 0 Å². The van der Waals surface area contributed by atoms with Crippen molar-refractivity contribution >= 4 is 10.8 Å². The zero-order valence-corrected chi connectivity index (χ0v) is 14.0. The summed E-state index contributed by atoms with van der Waals surface area (Å²) in [6, 6.07) is 21.6. The van der Waals surface area contributed by atoms with E-state index in [4.69, 9.17) is 9.47 Å². The average Bonchev–Trinajstić information content (AvgIpc) is 3.08. The van der Waals surface area contributed by atoms with Crippen molar-refractivity contribution in [1.29, 1.82) is 0 Å². The molecule has 0 amide bonds. The topological polar surface area (TPSA) is 30.5 Å². The molecule has 3 aromatic carbocycles. The number of rotatable bonds is 4. The molecule has 2 unspecified atom stereocenters. The third-order valence-corrected chi connectivity index (χ3v) is 4.69. The Morgan fingerprint density at radius 2 is 1.62 bits per heavy atom. The van der Waals surface area contributed by atoms with Crippen LogP contribution in [0.2, 0.25) is 0 Å². The van der Waals surface area contributed by atoms with E-state index in [-0.39, 0.29) is 12.1 Å². The first-order valence-corrected chi connectivity index (χ1v) is 8.35. The van der Waals surface area contributed by atoms with E-state index in [0.717, 1.165) is 11.5 Å². The minimum atomic E-state index is 0.216. The number of fused-ring (bicyclic) bond motifs is 2. The van der Waals surface area contributed by atoms with Crippen molar-refractivity contribution in [2.24, 2.45) is 0 Å². The molecule has 1 heterocycles. The number of ether oxygens (including phenoxy) is 2. The van der Waals surface area contributed by atoms with Gasteiger partial charge in [0.15, 0.2) is 11.5 Å². The van der Waals surface area contributed by atoms with Crippen LogP contribution in [0, 0.1) is 0 Å². The van der Waals surface area contributed by atoms with E-state index < -0.39 is 0 Å². The third-order valence-electron chi connectivity index (χ3n) is 4.69. The molecule has 2 atom stereocenters. The lowest BCUT2D eigenvalue weighted by molar-refractivity contribution is 0.174. The summed E-state index contributed by atoms with van der Waals surface area (Å²) in [5.41, 5.74) is 2.52. The van der Waals surface area contributed by atoms with Crippen molar-refractivity contribution in [3.8, 4) is 11.5 Å². The van der Waals surface area contributed by atoms with Gasteiger partial charge in [-0.3, -0.25) is 0 Å². The Kier molecular flexibility index (Phi) is 3.87. The lowest BCUT2D eigenvalue weighted by atomic mass is 9.98. The summed E-state index contributed by atoms with van der Waals surface area (Å²) in [4.78, 5) is 0. The van der Waals surface area contributed by atoms with Gasteiger partial charge in [0.1, 0.15) is 0 Å². The molecule has 24 heavy (non-hydrogen) atoms. The monoisotopic (exact) mass is 319 g/mol. The number of hydrogen-bond donors (Lipinski definition) is 1. The molecular weight excluding hydrogens is 298 g/mol. The van der Waals surface area contributed by atoms with E-state index in [1.807, 2.05) is 6.07 Å². The zero-order chi connectivity index (χ0) is 16.5. The van der Waals surface area contributed by atoms with Gasteiger partial charge in [0.05, 0.1) is 0 Å². The minimum absolute atomic E-state index is 0.216. The maximum absolute atomic E-state index is 5.49. The first kappa shape index (κ1) is 15.0. The largest absolute Gasteiger partial charge is 0.454 e. The molecule has 1 aliphatic heterocycles.